The van der Waals surface area contributed by atoms with Gasteiger partial charge in [-0.2, -0.15) is 0 Å². The Morgan fingerprint density at radius 1 is 0.386 bits per heavy atom. The molecule has 1 unspecified atom stereocenters. The van der Waals surface area contributed by atoms with Crippen molar-refractivity contribution in [1.29, 1.82) is 0 Å². The van der Waals surface area contributed by atoms with E-state index in [4.69, 9.17) is 9.97 Å². The SMILES string of the molecule is CC1(c2ccccc2)c2ccccc2-c2ccc(-c3cc(-c4cc(-c5ccccc5)cc(-c5cccc6c5sc5ccccc56)c4)nc(-c4ccccc4)n3)cc21. The van der Waals surface area contributed by atoms with Gasteiger partial charge in [0.15, 0.2) is 5.82 Å². The van der Waals surface area contributed by atoms with Crippen molar-refractivity contribution in [2.75, 3.05) is 0 Å². The first-order valence-corrected chi connectivity index (χ1v) is 20.3. The van der Waals surface area contributed by atoms with Crippen LogP contribution in [0.25, 0.3) is 87.5 Å². The second-order valence-corrected chi connectivity index (χ2v) is 16.1. The lowest BCUT2D eigenvalue weighted by molar-refractivity contribution is 0.714. The van der Waals surface area contributed by atoms with Gasteiger partial charge in [-0.1, -0.05) is 164 Å². The molecule has 2 aromatic heterocycles. The first-order valence-electron chi connectivity index (χ1n) is 19.5. The van der Waals surface area contributed by atoms with E-state index in [2.05, 4.69) is 201 Å². The number of aromatic nitrogens is 2. The average Bonchev–Trinajstić information content (AvgIpc) is 3.80. The van der Waals surface area contributed by atoms with Gasteiger partial charge in [-0.15, -0.1) is 11.3 Å². The number of hydrogen-bond donors (Lipinski definition) is 0. The van der Waals surface area contributed by atoms with Gasteiger partial charge in [-0.3, -0.25) is 0 Å². The molecule has 2 heterocycles. The topological polar surface area (TPSA) is 25.8 Å². The number of hydrogen-bond acceptors (Lipinski definition) is 3. The fraction of sp³-hybridized carbons (Fsp3) is 0.0370. The highest BCUT2D eigenvalue weighted by molar-refractivity contribution is 7.26. The molecule has 0 fully saturated rings. The van der Waals surface area contributed by atoms with Crippen LogP contribution < -0.4 is 0 Å². The highest BCUT2D eigenvalue weighted by atomic mass is 32.1. The lowest BCUT2D eigenvalue weighted by atomic mass is 9.74. The van der Waals surface area contributed by atoms with E-state index in [0.717, 1.165) is 33.6 Å². The van der Waals surface area contributed by atoms with E-state index in [1.807, 2.05) is 17.4 Å². The van der Waals surface area contributed by atoms with Crippen LogP contribution in [0.4, 0.5) is 0 Å². The van der Waals surface area contributed by atoms with E-state index < -0.39 is 0 Å². The summed E-state index contributed by atoms with van der Waals surface area (Å²) in [6.45, 7) is 2.37. The van der Waals surface area contributed by atoms with Crippen molar-refractivity contribution < 1.29 is 0 Å². The van der Waals surface area contributed by atoms with E-state index in [9.17, 15) is 0 Å². The standard InChI is InChI=1S/C54H36N2S/c1-54(41-20-9-4-10-21-41)47-26-13-11-22-43(47)44-29-28-37(33-48(44)54)49-34-50(56-53(55-49)36-18-7-3-8-19-36)40-31-38(35-16-5-2-6-17-35)30-39(32-40)42-24-15-25-46-45-23-12-14-27-51(45)57-52(42)46/h2-34H,1H3. The Hall–Kier alpha value is -6.94. The maximum Gasteiger partial charge on any atom is 0.160 e. The molecule has 57 heavy (non-hydrogen) atoms. The molecule has 10 aromatic rings. The third kappa shape index (κ3) is 5.54. The Kier molecular flexibility index (Phi) is 7.84. The monoisotopic (exact) mass is 744 g/mol. The van der Waals surface area contributed by atoms with E-state index in [1.54, 1.807) is 0 Å². The largest absolute Gasteiger partial charge is 0.228 e. The van der Waals surface area contributed by atoms with Crippen molar-refractivity contribution in [3.63, 3.8) is 0 Å². The molecule has 0 saturated carbocycles. The van der Waals surface area contributed by atoms with Crippen molar-refractivity contribution >= 4 is 31.5 Å². The van der Waals surface area contributed by atoms with Crippen LogP contribution in [0.15, 0.2) is 200 Å². The molecule has 1 aliphatic rings. The van der Waals surface area contributed by atoms with Gasteiger partial charge in [0.05, 0.1) is 11.4 Å². The van der Waals surface area contributed by atoms with E-state index in [0.29, 0.717) is 5.82 Å². The summed E-state index contributed by atoms with van der Waals surface area (Å²) in [4.78, 5) is 10.7. The summed E-state index contributed by atoms with van der Waals surface area (Å²) in [6.07, 6.45) is 0. The van der Waals surface area contributed by atoms with Crippen LogP contribution in [0.5, 0.6) is 0 Å². The van der Waals surface area contributed by atoms with Gasteiger partial charge in [-0.05, 0) is 93.4 Å². The predicted octanol–water partition coefficient (Wildman–Crippen LogP) is 14.5. The van der Waals surface area contributed by atoms with Gasteiger partial charge in [-0.25, -0.2) is 9.97 Å². The normalized spacial score (nSPS) is 14.5. The molecule has 2 nitrogen and oxygen atoms in total. The zero-order valence-electron chi connectivity index (χ0n) is 31.4. The summed E-state index contributed by atoms with van der Waals surface area (Å²) < 4.78 is 2.59. The summed E-state index contributed by atoms with van der Waals surface area (Å²) in [6, 6.07) is 72.2. The maximum absolute atomic E-state index is 5.34. The van der Waals surface area contributed by atoms with Gasteiger partial charge < -0.3 is 0 Å². The van der Waals surface area contributed by atoms with Gasteiger partial charge >= 0.3 is 0 Å². The van der Waals surface area contributed by atoms with Crippen LogP contribution in [-0.2, 0) is 5.41 Å². The molecule has 0 amide bonds. The molecule has 1 aliphatic carbocycles. The number of fused-ring (bicyclic) bond motifs is 6. The van der Waals surface area contributed by atoms with Crippen LogP contribution >= 0.6 is 11.3 Å². The Bertz CT molecular complexity index is 3130. The maximum atomic E-state index is 5.34. The van der Waals surface area contributed by atoms with Crippen molar-refractivity contribution in [2.45, 2.75) is 12.3 Å². The highest BCUT2D eigenvalue weighted by Gasteiger charge is 2.40. The summed E-state index contributed by atoms with van der Waals surface area (Å²) in [5.74, 6) is 0.705. The zero-order valence-corrected chi connectivity index (χ0v) is 32.2. The third-order valence-corrected chi connectivity index (χ3v) is 13.0. The summed E-state index contributed by atoms with van der Waals surface area (Å²) in [5, 5.41) is 2.59. The van der Waals surface area contributed by atoms with Crippen LogP contribution in [0.1, 0.15) is 23.6 Å². The summed E-state index contributed by atoms with van der Waals surface area (Å²) in [7, 11) is 0. The minimum absolute atomic E-state index is 0.312. The number of rotatable bonds is 6. The Morgan fingerprint density at radius 3 is 1.79 bits per heavy atom. The first kappa shape index (κ1) is 33.4. The molecule has 8 aromatic carbocycles. The molecule has 0 N–H and O–H groups in total. The van der Waals surface area contributed by atoms with E-state index in [1.165, 1.54) is 64.7 Å². The van der Waals surface area contributed by atoms with Crippen molar-refractivity contribution in [3.05, 3.63) is 217 Å². The fourth-order valence-electron chi connectivity index (χ4n) is 8.90. The Balaban J connectivity index is 1.13. The molecular weight excluding hydrogens is 709 g/mol. The third-order valence-electron chi connectivity index (χ3n) is 11.8. The van der Waals surface area contributed by atoms with Crippen molar-refractivity contribution in [3.8, 4) is 67.3 Å². The minimum Gasteiger partial charge on any atom is -0.228 e. The van der Waals surface area contributed by atoms with Crippen LogP contribution in [0.2, 0.25) is 0 Å². The van der Waals surface area contributed by atoms with Gasteiger partial charge in [0.25, 0.3) is 0 Å². The number of nitrogens with zero attached hydrogens (tertiary/aromatic N) is 2. The van der Waals surface area contributed by atoms with Crippen LogP contribution in [-0.4, -0.2) is 9.97 Å². The number of thiophene rings is 1. The van der Waals surface area contributed by atoms with E-state index in [-0.39, 0.29) is 5.41 Å². The molecule has 268 valence electrons. The Morgan fingerprint density at radius 2 is 0.982 bits per heavy atom. The molecular formula is C54H36N2S. The average molecular weight is 745 g/mol. The van der Waals surface area contributed by atoms with E-state index >= 15 is 0 Å². The van der Waals surface area contributed by atoms with Gasteiger partial charge in [0.1, 0.15) is 0 Å². The first-order chi connectivity index (χ1) is 28.1. The lowest BCUT2D eigenvalue weighted by Crippen LogP contribution is -2.22. The lowest BCUT2D eigenvalue weighted by Gasteiger charge is -2.28. The molecule has 3 heteroatoms. The second kappa shape index (κ2) is 13.4. The van der Waals surface area contributed by atoms with Crippen LogP contribution in [0.3, 0.4) is 0 Å². The summed E-state index contributed by atoms with van der Waals surface area (Å²) in [5.41, 5.74) is 15.7. The van der Waals surface area contributed by atoms with Gasteiger partial charge in [0.2, 0.25) is 0 Å². The molecule has 11 rings (SSSR count). The molecule has 1 atom stereocenters. The molecule has 0 radical (unpaired) electrons. The van der Waals surface area contributed by atoms with Gasteiger partial charge in [0, 0.05) is 42.3 Å². The molecule has 0 saturated heterocycles. The minimum atomic E-state index is -0.312. The Labute approximate surface area is 336 Å². The fourth-order valence-corrected chi connectivity index (χ4v) is 10.1. The second-order valence-electron chi connectivity index (χ2n) is 15.1. The zero-order chi connectivity index (χ0) is 37.9. The molecule has 0 spiro atoms. The van der Waals surface area contributed by atoms with Crippen LogP contribution in [0, 0.1) is 0 Å². The van der Waals surface area contributed by atoms with Crippen molar-refractivity contribution in [1.82, 2.24) is 9.97 Å². The number of benzene rings is 8. The predicted molar refractivity (Wildman–Crippen MR) is 240 cm³/mol. The smallest absolute Gasteiger partial charge is 0.160 e. The summed E-state index contributed by atoms with van der Waals surface area (Å²) >= 11 is 1.86. The quantitative estimate of drug-likeness (QED) is 0.169. The molecule has 0 aliphatic heterocycles. The van der Waals surface area contributed by atoms with Crippen molar-refractivity contribution in [2.24, 2.45) is 0 Å². The highest BCUT2D eigenvalue weighted by Crippen LogP contribution is 2.53. The molecule has 0 bridgehead atoms.